The Morgan fingerprint density at radius 2 is 1.63 bits per heavy atom. The van der Waals surface area contributed by atoms with E-state index in [2.05, 4.69) is 23.9 Å². The van der Waals surface area contributed by atoms with Crippen LogP contribution < -0.4 is 19.5 Å². The summed E-state index contributed by atoms with van der Waals surface area (Å²) in [7, 11) is -3.91. The highest BCUT2D eigenvalue weighted by atomic mass is 32.2. The number of carbonyl (C=O) groups is 2. The van der Waals surface area contributed by atoms with Crippen LogP contribution in [-0.4, -0.2) is 39.6 Å². The minimum Gasteiger partial charge on any atom is -0.486 e. The maximum atomic E-state index is 12.8. The van der Waals surface area contributed by atoms with E-state index in [9.17, 15) is 18.0 Å². The molecule has 0 saturated heterocycles. The van der Waals surface area contributed by atoms with Crippen LogP contribution in [0.2, 0.25) is 0 Å². The predicted molar refractivity (Wildman–Crippen MR) is 143 cm³/mol. The molecule has 1 aliphatic rings. The maximum absolute atomic E-state index is 12.8. The molecule has 1 amide bonds. The molecule has 0 aliphatic carbocycles. The molecular weight excluding hydrogens is 508 g/mol. The van der Waals surface area contributed by atoms with Gasteiger partial charge >= 0.3 is 5.97 Å². The highest BCUT2D eigenvalue weighted by Gasteiger charge is 2.22. The van der Waals surface area contributed by atoms with Gasteiger partial charge in [-0.3, -0.25) is 9.52 Å². The Morgan fingerprint density at radius 3 is 2.34 bits per heavy atom. The number of amides is 1. The molecule has 0 aromatic heterocycles. The molecule has 3 aromatic carbocycles. The lowest BCUT2D eigenvalue weighted by atomic mass is 9.97. The predicted octanol–water partition coefficient (Wildman–Crippen LogP) is 4.96. The van der Waals surface area contributed by atoms with E-state index in [4.69, 9.17) is 14.2 Å². The third-order valence-corrected chi connectivity index (χ3v) is 7.59. The third-order valence-electron chi connectivity index (χ3n) is 6.21. The molecule has 4 rings (SSSR count). The van der Waals surface area contributed by atoms with Crippen LogP contribution in [0, 0.1) is 0 Å². The first-order valence-corrected chi connectivity index (χ1v) is 13.8. The van der Waals surface area contributed by atoms with Gasteiger partial charge in [-0.05, 0) is 67.3 Å². The zero-order chi connectivity index (χ0) is 27.3. The van der Waals surface area contributed by atoms with E-state index in [0.29, 0.717) is 30.4 Å². The summed E-state index contributed by atoms with van der Waals surface area (Å²) in [6.45, 7) is 6.39. The second kappa shape index (κ2) is 11.6. The van der Waals surface area contributed by atoms with Gasteiger partial charge in [-0.25, -0.2) is 13.2 Å². The van der Waals surface area contributed by atoms with E-state index in [1.807, 2.05) is 24.3 Å². The fourth-order valence-electron chi connectivity index (χ4n) is 3.86. The summed E-state index contributed by atoms with van der Waals surface area (Å²) in [6.07, 6.45) is -0.124. The summed E-state index contributed by atoms with van der Waals surface area (Å²) >= 11 is 0. The lowest BCUT2D eigenvalue weighted by Gasteiger charge is -2.19. The molecule has 2 atom stereocenters. The minimum atomic E-state index is -3.91. The molecule has 10 heteroatoms. The molecule has 0 unspecified atom stereocenters. The monoisotopic (exact) mass is 538 g/mol. The largest absolute Gasteiger partial charge is 0.486 e. The highest BCUT2D eigenvalue weighted by molar-refractivity contribution is 7.92. The summed E-state index contributed by atoms with van der Waals surface area (Å²) in [5.41, 5.74) is 2.12. The molecule has 1 aliphatic heterocycles. The number of rotatable bonds is 9. The number of sulfonamides is 1. The molecule has 9 nitrogen and oxygen atoms in total. The van der Waals surface area contributed by atoms with E-state index in [0.717, 1.165) is 12.0 Å². The van der Waals surface area contributed by atoms with Crippen molar-refractivity contribution < 1.29 is 32.2 Å². The van der Waals surface area contributed by atoms with Crippen LogP contribution >= 0.6 is 0 Å². The van der Waals surface area contributed by atoms with Gasteiger partial charge in [0, 0.05) is 17.4 Å². The normalized spacial score (nSPS) is 14.2. The van der Waals surface area contributed by atoms with Gasteiger partial charge in [-0.2, -0.15) is 0 Å². The van der Waals surface area contributed by atoms with Crippen molar-refractivity contribution in [1.29, 1.82) is 0 Å². The number of esters is 1. The first-order chi connectivity index (χ1) is 18.2. The van der Waals surface area contributed by atoms with Gasteiger partial charge in [-0.15, -0.1) is 0 Å². The van der Waals surface area contributed by atoms with Crippen molar-refractivity contribution >= 4 is 33.3 Å². The Balaban J connectivity index is 1.37. The Bertz CT molecular complexity index is 1420. The molecule has 0 bridgehead atoms. The van der Waals surface area contributed by atoms with Crippen molar-refractivity contribution in [2.75, 3.05) is 23.3 Å². The smallest absolute Gasteiger partial charge is 0.338 e. The van der Waals surface area contributed by atoms with Gasteiger partial charge in [0.1, 0.15) is 13.2 Å². The molecule has 0 spiro atoms. The van der Waals surface area contributed by atoms with Crippen molar-refractivity contribution in [1.82, 2.24) is 0 Å². The van der Waals surface area contributed by atoms with Crippen LogP contribution in [0.15, 0.2) is 71.6 Å². The minimum absolute atomic E-state index is 0.0139. The van der Waals surface area contributed by atoms with Gasteiger partial charge in [-0.1, -0.05) is 32.0 Å². The number of nitrogens with one attached hydrogen (secondary N) is 2. The van der Waals surface area contributed by atoms with Gasteiger partial charge in [0.25, 0.3) is 15.9 Å². The number of para-hydroxylation sites is 1. The number of ether oxygens (including phenoxy) is 3. The fourth-order valence-corrected chi connectivity index (χ4v) is 4.93. The zero-order valence-electron chi connectivity index (χ0n) is 21.4. The molecule has 38 heavy (non-hydrogen) atoms. The second-order valence-electron chi connectivity index (χ2n) is 8.92. The third kappa shape index (κ3) is 6.25. The quantitative estimate of drug-likeness (QED) is 0.370. The Kier molecular flexibility index (Phi) is 8.21. The highest BCUT2D eigenvalue weighted by Crippen LogP contribution is 2.33. The lowest BCUT2D eigenvalue weighted by molar-refractivity contribution is -0.123. The zero-order valence-corrected chi connectivity index (χ0v) is 22.2. The number of hydrogen-bond donors (Lipinski definition) is 2. The summed E-state index contributed by atoms with van der Waals surface area (Å²) in [5.74, 6) is -0.0450. The summed E-state index contributed by atoms with van der Waals surface area (Å²) in [4.78, 5) is 25.3. The van der Waals surface area contributed by atoms with Crippen molar-refractivity contribution in [2.45, 2.75) is 44.1 Å². The van der Waals surface area contributed by atoms with E-state index in [-0.39, 0.29) is 22.1 Å². The maximum Gasteiger partial charge on any atom is 0.338 e. The molecule has 0 saturated carbocycles. The van der Waals surface area contributed by atoms with Gasteiger partial charge in [0.2, 0.25) is 0 Å². The Morgan fingerprint density at radius 1 is 0.947 bits per heavy atom. The Hall–Kier alpha value is -4.05. The SMILES string of the molecule is CC[C@@H](C)c1ccccc1NC(=O)[C@@H](C)OC(=O)c1ccc(NS(=O)(=O)c2ccc3c(c2)OCCO3)cc1. The summed E-state index contributed by atoms with van der Waals surface area (Å²) in [5, 5.41) is 2.84. The summed E-state index contributed by atoms with van der Waals surface area (Å²) in [6, 6.07) is 17.6. The van der Waals surface area contributed by atoms with Crippen molar-refractivity contribution in [3.8, 4) is 11.5 Å². The summed E-state index contributed by atoms with van der Waals surface area (Å²) < 4.78 is 44.3. The van der Waals surface area contributed by atoms with Crippen LogP contribution in [0.25, 0.3) is 0 Å². The van der Waals surface area contributed by atoms with E-state index < -0.39 is 28.0 Å². The number of anilines is 2. The molecule has 1 heterocycles. The molecule has 0 fully saturated rings. The molecular formula is C28H30N2O7S. The van der Waals surface area contributed by atoms with Crippen molar-refractivity contribution in [2.24, 2.45) is 0 Å². The average molecular weight is 539 g/mol. The van der Waals surface area contributed by atoms with Crippen LogP contribution in [0.4, 0.5) is 11.4 Å². The van der Waals surface area contributed by atoms with Crippen molar-refractivity contribution in [3.05, 3.63) is 77.9 Å². The van der Waals surface area contributed by atoms with E-state index in [1.54, 1.807) is 6.07 Å². The molecule has 200 valence electrons. The topological polar surface area (TPSA) is 120 Å². The van der Waals surface area contributed by atoms with Crippen molar-refractivity contribution in [3.63, 3.8) is 0 Å². The van der Waals surface area contributed by atoms with Crippen LogP contribution in [0.1, 0.15) is 49.0 Å². The van der Waals surface area contributed by atoms with E-state index in [1.165, 1.54) is 43.3 Å². The fraction of sp³-hybridized carbons (Fsp3) is 0.286. The number of hydrogen-bond acceptors (Lipinski definition) is 7. The molecule has 2 N–H and O–H groups in total. The van der Waals surface area contributed by atoms with Crippen LogP contribution in [0.3, 0.4) is 0 Å². The van der Waals surface area contributed by atoms with Gasteiger partial charge in [0.05, 0.1) is 10.5 Å². The standard InChI is InChI=1S/C28H30N2O7S/c1-4-18(2)23-7-5-6-8-24(23)29-27(31)19(3)37-28(32)20-9-11-21(12-10-20)30-38(33,34)22-13-14-25-26(17-22)36-16-15-35-25/h5-14,17-19,30H,4,15-16H2,1-3H3,(H,29,31)/t18-,19-/m1/s1. The van der Waals surface area contributed by atoms with Gasteiger partial charge in [0.15, 0.2) is 17.6 Å². The van der Waals surface area contributed by atoms with Gasteiger partial charge < -0.3 is 19.5 Å². The van der Waals surface area contributed by atoms with Crippen LogP contribution in [-0.2, 0) is 19.6 Å². The second-order valence-corrected chi connectivity index (χ2v) is 10.6. The number of fused-ring (bicyclic) bond motifs is 1. The van der Waals surface area contributed by atoms with E-state index >= 15 is 0 Å². The molecule has 0 radical (unpaired) electrons. The Labute approximate surface area is 222 Å². The lowest BCUT2D eigenvalue weighted by Crippen LogP contribution is -2.30. The molecule has 3 aromatic rings. The number of carbonyl (C=O) groups excluding carboxylic acids is 2. The van der Waals surface area contributed by atoms with Crippen LogP contribution in [0.5, 0.6) is 11.5 Å². The first kappa shape index (κ1) is 27.0. The first-order valence-electron chi connectivity index (χ1n) is 12.3. The average Bonchev–Trinajstić information content (AvgIpc) is 2.92. The number of benzene rings is 3.